The van der Waals surface area contributed by atoms with Gasteiger partial charge in [-0.2, -0.15) is 0 Å². The Balaban J connectivity index is 3.31. The van der Waals surface area contributed by atoms with Crippen LogP contribution < -0.4 is 5.32 Å². The Labute approximate surface area is 81.5 Å². The normalized spacial score (nSPS) is 14.5. The zero-order valence-electron chi connectivity index (χ0n) is 9.26. The third-order valence-electron chi connectivity index (χ3n) is 1.98. The maximum atomic E-state index is 9.44. The van der Waals surface area contributed by atoms with Crippen molar-refractivity contribution in [2.75, 3.05) is 20.3 Å². The van der Waals surface area contributed by atoms with E-state index in [4.69, 9.17) is 4.74 Å². The first-order valence-corrected chi connectivity index (χ1v) is 4.90. The van der Waals surface area contributed by atoms with E-state index in [1.165, 1.54) is 0 Å². The number of ether oxygens (including phenoxy) is 1. The summed E-state index contributed by atoms with van der Waals surface area (Å²) >= 11 is 0. The minimum atomic E-state index is -0.562. The van der Waals surface area contributed by atoms with Crippen LogP contribution in [0.5, 0.6) is 0 Å². The van der Waals surface area contributed by atoms with Crippen LogP contribution in [0.2, 0.25) is 0 Å². The Bertz CT molecular complexity index is 121. The summed E-state index contributed by atoms with van der Waals surface area (Å²) in [4.78, 5) is 0. The molecule has 80 valence electrons. The summed E-state index contributed by atoms with van der Waals surface area (Å²) in [6, 6.07) is 0.460. The molecule has 0 aromatic rings. The number of nitrogens with one attached hydrogen (secondary N) is 1. The zero-order chi connectivity index (χ0) is 10.3. The summed E-state index contributed by atoms with van der Waals surface area (Å²) in [6.45, 7) is 7.43. The molecule has 0 saturated carbocycles. The van der Waals surface area contributed by atoms with Gasteiger partial charge in [0.25, 0.3) is 0 Å². The summed E-state index contributed by atoms with van der Waals surface area (Å²) in [5, 5.41) is 12.8. The minimum Gasteiger partial charge on any atom is -0.390 e. The number of rotatable bonds is 7. The molecule has 0 fully saturated rings. The lowest BCUT2D eigenvalue weighted by Crippen LogP contribution is -2.32. The Morgan fingerprint density at radius 2 is 2.08 bits per heavy atom. The molecule has 0 aromatic carbocycles. The van der Waals surface area contributed by atoms with Crippen LogP contribution in [0.4, 0.5) is 0 Å². The van der Waals surface area contributed by atoms with Gasteiger partial charge in [0, 0.05) is 19.8 Å². The number of methoxy groups -OCH3 is 1. The van der Waals surface area contributed by atoms with Gasteiger partial charge in [0.05, 0.1) is 5.60 Å². The minimum absolute atomic E-state index is 0.460. The van der Waals surface area contributed by atoms with Gasteiger partial charge >= 0.3 is 0 Å². The van der Waals surface area contributed by atoms with Crippen LogP contribution in [0.25, 0.3) is 0 Å². The van der Waals surface area contributed by atoms with Crippen molar-refractivity contribution in [1.82, 2.24) is 5.32 Å². The van der Waals surface area contributed by atoms with Crippen molar-refractivity contribution >= 4 is 0 Å². The fourth-order valence-corrected chi connectivity index (χ4v) is 1.02. The zero-order valence-corrected chi connectivity index (χ0v) is 9.26. The number of hydrogen-bond donors (Lipinski definition) is 2. The lowest BCUT2D eigenvalue weighted by atomic mass is 10.1. The summed E-state index contributed by atoms with van der Waals surface area (Å²) in [5.74, 6) is 0. The number of aliphatic hydroxyl groups is 1. The van der Waals surface area contributed by atoms with Crippen LogP contribution >= 0.6 is 0 Å². The van der Waals surface area contributed by atoms with Gasteiger partial charge in [0.2, 0.25) is 0 Å². The van der Waals surface area contributed by atoms with Crippen LogP contribution in [0.1, 0.15) is 33.6 Å². The molecule has 0 heterocycles. The second kappa shape index (κ2) is 6.35. The monoisotopic (exact) mass is 189 g/mol. The molecule has 1 atom stereocenters. The first-order valence-electron chi connectivity index (χ1n) is 4.90. The molecule has 13 heavy (non-hydrogen) atoms. The smallest absolute Gasteiger partial charge is 0.0603 e. The van der Waals surface area contributed by atoms with Gasteiger partial charge in [-0.1, -0.05) is 0 Å². The maximum absolute atomic E-state index is 9.44. The lowest BCUT2D eigenvalue weighted by molar-refractivity contribution is 0.0701. The van der Waals surface area contributed by atoms with Gasteiger partial charge in [-0.25, -0.2) is 0 Å². The van der Waals surface area contributed by atoms with Crippen molar-refractivity contribution in [3.05, 3.63) is 0 Å². The molecule has 0 amide bonds. The maximum Gasteiger partial charge on any atom is 0.0603 e. The molecule has 3 nitrogen and oxygen atoms in total. The molecule has 0 bridgehead atoms. The van der Waals surface area contributed by atoms with E-state index in [1.54, 1.807) is 7.11 Å². The van der Waals surface area contributed by atoms with E-state index in [0.29, 0.717) is 6.04 Å². The van der Waals surface area contributed by atoms with Crippen LogP contribution in [0.3, 0.4) is 0 Å². The fraction of sp³-hybridized carbons (Fsp3) is 1.00. The highest BCUT2D eigenvalue weighted by molar-refractivity contribution is 4.68. The van der Waals surface area contributed by atoms with E-state index in [-0.39, 0.29) is 0 Å². The molecule has 2 N–H and O–H groups in total. The van der Waals surface area contributed by atoms with Crippen molar-refractivity contribution < 1.29 is 9.84 Å². The standard InChI is InChI=1S/C10H23NO2/c1-9(5-8-13-4)11-7-6-10(2,3)12/h9,11-12H,5-8H2,1-4H3. The Morgan fingerprint density at radius 1 is 1.46 bits per heavy atom. The van der Waals surface area contributed by atoms with Crippen molar-refractivity contribution in [2.24, 2.45) is 0 Å². The molecule has 0 spiro atoms. The van der Waals surface area contributed by atoms with Crippen LogP contribution in [-0.2, 0) is 4.74 Å². The third kappa shape index (κ3) is 9.80. The highest BCUT2D eigenvalue weighted by atomic mass is 16.5. The van der Waals surface area contributed by atoms with Gasteiger partial charge in [-0.05, 0) is 40.2 Å². The van der Waals surface area contributed by atoms with Gasteiger partial charge < -0.3 is 15.2 Å². The van der Waals surface area contributed by atoms with Crippen molar-refractivity contribution in [3.8, 4) is 0 Å². The third-order valence-corrected chi connectivity index (χ3v) is 1.98. The second-order valence-electron chi connectivity index (χ2n) is 4.20. The molecule has 1 unspecified atom stereocenters. The number of hydrogen-bond acceptors (Lipinski definition) is 3. The first-order chi connectivity index (χ1) is 5.95. The van der Waals surface area contributed by atoms with E-state index in [0.717, 1.165) is 26.0 Å². The lowest BCUT2D eigenvalue weighted by Gasteiger charge is -2.19. The van der Waals surface area contributed by atoms with E-state index < -0.39 is 5.60 Å². The Morgan fingerprint density at radius 3 is 2.54 bits per heavy atom. The van der Waals surface area contributed by atoms with Crippen LogP contribution in [-0.4, -0.2) is 37.0 Å². The predicted octanol–water partition coefficient (Wildman–Crippen LogP) is 1.16. The topological polar surface area (TPSA) is 41.5 Å². The van der Waals surface area contributed by atoms with E-state index in [9.17, 15) is 5.11 Å². The van der Waals surface area contributed by atoms with Crippen LogP contribution in [0, 0.1) is 0 Å². The Hall–Kier alpha value is -0.120. The first kappa shape index (κ1) is 12.9. The molecule has 0 radical (unpaired) electrons. The highest BCUT2D eigenvalue weighted by Gasteiger charge is 2.11. The average molecular weight is 189 g/mol. The molecule has 0 saturated heterocycles. The molecule has 0 aliphatic carbocycles. The molecular formula is C10H23NO2. The quantitative estimate of drug-likeness (QED) is 0.631. The molecule has 3 heteroatoms. The molecule has 0 aliphatic heterocycles. The van der Waals surface area contributed by atoms with Crippen molar-refractivity contribution in [2.45, 2.75) is 45.3 Å². The highest BCUT2D eigenvalue weighted by Crippen LogP contribution is 2.05. The van der Waals surface area contributed by atoms with Crippen molar-refractivity contribution in [1.29, 1.82) is 0 Å². The van der Waals surface area contributed by atoms with E-state index in [2.05, 4.69) is 12.2 Å². The summed E-state index contributed by atoms with van der Waals surface area (Å²) in [7, 11) is 1.71. The van der Waals surface area contributed by atoms with Gasteiger partial charge in [-0.15, -0.1) is 0 Å². The largest absolute Gasteiger partial charge is 0.390 e. The molecular weight excluding hydrogens is 166 g/mol. The van der Waals surface area contributed by atoms with Gasteiger partial charge in [-0.3, -0.25) is 0 Å². The van der Waals surface area contributed by atoms with Gasteiger partial charge in [0.15, 0.2) is 0 Å². The summed E-state index contributed by atoms with van der Waals surface area (Å²) < 4.78 is 4.97. The summed E-state index contributed by atoms with van der Waals surface area (Å²) in [6.07, 6.45) is 1.80. The van der Waals surface area contributed by atoms with Gasteiger partial charge in [0.1, 0.15) is 0 Å². The molecule has 0 aliphatic rings. The molecule has 0 rings (SSSR count). The molecule has 0 aromatic heterocycles. The van der Waals surface area contributed by atoms with Crippen molar-refractivity contribution in [3.63, 3.8) is 0 Å². The second-order valence-corrected chi connectivity index (χ2v) is 4.20. The fourth-order valence-electron chi connectivity index (χ4n) is 1.02. The summed E-state index contributed by atoms with van der Waals surface area (Å²) in [5.41, 5.74) is -0.562. The average Bonchev–Trinajstić information content (AvgIpc) is 1.98. The predicted molar refractivity (Wildman–Crippen MR) is 54.9 cm³/mol. The SMILES string of the molecule is COCCC(C)NCCC(C)(C)O. The van der Waals surface area contributed by atoms with E-state index in [1.807, 2.05) is 13.8 Å². The van der Waals surface area contributed by atoms with Crippen LogP contribution in [0.15, 0.2) is 0 Å². The Kier molecular flexibility index (Phi) is 6.29. The van der Waals surface area contributed by atoms with E-state index >= 15 is 0 Å².